The second kappa shape index (κ2) is 5.79. The number of hydrogen-bond acceptors (Lipinski definition) is 6. The third-order valence-electron chi connectivity index (χ3n) is 3.15. The van der Waals surface area contributed by atoms with Crippen molar-refractivity contribution < 1.29 is 9.45 Å². The van der Waals surface area contributed by atoms with Gasteiger partial charge in [0, 0.05) is 24.2 Å². The van der Waals surface area contributed by atoms with Crippen LogP contribution in [0.4, 0.5) is 5.69 Å². The monoisotopic (exact) mass is 276 g/mol. The van der Waals surface area contributed by atoms with E-state index in [0.29, 0.717) is 29.7 Å². The Kier molecular flexibility index (Phi) is 4.09. The number of nitro benzene ring substituents is 1. The molecule has 1 atom stereocenters. The summed E-state index contributed by atoms with van der Waals surface area (Å²) in [5.74, 6) is 1.21. The van der Waals surface area contributed by atoms with Crippen molar-refractivity contribution in [3.05, 3.63) is 40.3 Å². The molecule has 0 aliphatic carbocycles. The highest BCUT2D eigenvalue weighted by Crippen LogP contribution is 2.25. The van der Waals surface area contributed by atoms with Crippen molar-refractivity contribution in [2.75, 3.05) is 6.54 Å². The quantitative estimate of drug-likeness (QED) is 0.663. The van der Waals surface area contributed by atoms with E-state index in [2.05, 4.69) is 10.1 Å². The molecule has 0 saturated carbocycles. The van der Waals surface area contributed by atoms with Crippen LogP contribution in [0.5, 0.6) is 0 Å². The van der Waals surface area contributed by atoms with Crippen LogP contribution in [-0.2, 0) is 0 Å². The standard InChI is InChI=1S/C13H16N4O3/c1-8(2)11(7-14)13-15-12(16-20-13)9-3-5-10(6-4-9)17(18)19/h3-6,8,11H,7,14H2,1-2H3. The molecule has 0 aliphatic heterocycles. The van der Waals surface area contributed by atoms with Crippen LogP contribution < -0.4 is 5.73 Å². The van der Waals surface area contributed by atoms with Crippen molar-refractivity contribution in [2.24, 2.45) is 11.7 Å². The van der Waals surface area contributed by atoms with Gasteiger partial charge in [0.05, 0.1) is 10.8 Å². The number of hydrogen-bond donors (Lipinski definition) is 1. The molecular weight excluding hydrogens is 260 g/mol. The molecule has 0 fully saturated rings. The molecule has 20 heavy (non-hydrogen) atoms. The first-order valence-electron chi connectivity index (χ1n) is 6.31. The first kappa shape index (κ1) is 14.1. The molecule has 2 aromatic rings. The molecule has 2 N–H and O–H groups in total. The molecule has 1 heterocycles. The fraction of sp³-hybridized carbons (Fsp3) is 0.385. The molecule has 0 saturated heterocycles. The maximum Gasteiger partial charge on any atom is 0.269 e. The third kappa shape index (κ3) is 2.83. The van der Waals surface area contributed by atoms with Crippen molar-refractivity contribution in [3.8, 4) is 11.4 Å². The molecule has 7 nitrogen and oxygen atoms in total. The van der Waals surface area contributed by atoms with Gasteiger partial charge in [-0.2, -0.15) is 4.98 Å². The lowest BCUT2D eigenvalue weighted by Crippen LogP contribution is -2.18. The summed E-state index contributed by atoms with van der Waals surface area (Å²) in [6, 6.07) is 6.02. The Bertz CT molecular complexity index is 592. The maximum absolute atomic E-state index is 10.6. The summed E-state index contributed by atoms with van der Waals surface area (Å²) in [5.41, 5.74) is 6.40. The molecule has 0 bridgehead atoms. The second-order valence-electron chi connectivity index (χ2n) is 4.85. The minimum atomic E-state index is -0.450. The van der Waals surface area contributed by atoms with E-state index in [9.17, 15) is 10.1 Å². The molecule has 7 heteroatoms. The van der Waals surface area contributed by atoms with Gasteiger partial charge in [-0.25, -0.2) is 0 Å². The van der Waals surface area contributed by atoms with Crippen molar-refractivity contribution in [2.45, 2.75) is 19.8 Å². The predicted octanol–water partition coefficient (Wildman–Crippen LogP) is 2.34. The van der Waals surface area contributed by atoms with E-state index in [1.54, 1.807) is 12.1 Å². The minimum Gasteiger partial charge on any atom is -0.339 e. The normalized spacial score (nSPS) is 12.6. The number of nitrogens with two attached hydrogens (primary N) is 1. The number of rotatable bonds is 5. The average Bonchev–Trinajstić information content (AvgIpc) is 2.88. The molecule has 1 unspecified atom stereocenters. The number of aromatic nitrogens is 2. The van der Waals surface area contributed by atoms with Gasteiger partial charge in [-0.05, 0) is 18.1 Å². The highest BCUT2D eigenvalue weighted by Gasteiger charge is 2.21. The van der Waals surface area contributed by atoms with Gasteiger partial charge in [-0.1, -0.05) is 19.0 Å². The van der Waals surface area contributed by atoms with Crippen LogP contribution in [0, 0.1) is 16.0 Å². The topological polar surface area (TPSA) is 108 Å². The van der Waals surface area contributed by atoms with Crippen LogP contribution in [0.1, 0.15) is 25.7 Å². The first-order valence-corrected chi connectivity index (χ1v) is 6.31. The number of nitrogens with zero attached hydrogens (tertiary/aromatic N) is 3. The zero-order valence-corrected chi connectivity index (χ0v) is 11.3. The number of benzene rings is 1. The highest BCUT2D eigenvalue weighted by molar-refractivity contribution is 5.56. The van der Waals surface area contributed by atoms with Gasteiger partial charge in [0.2, 0.25) is 11.7 Å². The lowest BCUT2D eigenvalue weighted by Gasteiger charge is -2.13. The molecule has 0 radical (unpaired) electrons. The van der Waals surface area contributed by atoms with Crippen molar-refractivity contribution in [1.82, 2.24) is 10.1 Å². The third-order valence-corrected chi connectivity index (χ3v) is 3.15. The summed E-state index contributed by atoms with van der Waals surface area (Å²) in [7, 11) is 0. The zero-order valence-electron chi connectivity index (χ0n) is 11.3. The number of non-ortho nitro benzene ring substituents is 1. The zero-order chi connectivity index (χ0) is 14.7. The molecule has 2 rings (SSSR count). The summed E-state index contributed by atoms with van der Waals surface area (Å²) in [6.45, 7) is 4.50. The molecule has 106 valence electrons. The van der Waals surface area contributed by atoms with E-state index in [-0.39, 0.29) is 11.6 Å². The fourth-order valence-corrected chi connectivity index (χ4v) is 1.89. The van der Waals surface area contributed by atoms with Crippen molar-refractivity contribution in [3.63, 3.8) is 0 Å². The van der Waals surface area contributed by atoms with Crippen LogP contribution in [0.3, 0.4) is 0 Å². The van der Waals surface area contributed by atoms with Crippen LogP contribution in [-0.4, -0.2) is 21.6 Å². The molecular formula is C13H16N4O3. The summed E-state index contributed by atoms with van der Waals surface area (Å²) < 4.78 is 5.24. The van der Waals surface area contributed by atoms with Gasteiger partial charge >= 0.3 is 0 Å². The highest BCUT2D eigenvalue weighted by atomic mass is 16.6. The molecule has 1 aromatic carbocycles. The largest absolute Gasteiger partial charge is 0.339 e. The molecule has 0 amide bonds. The van der Waals surface area contributed by atoms with E-state index in [1.165, 1.54) is 12.1 Å². The van der Waals surface area contributed by atoms with E-state index >= 15 is 0 Å². The summed E-state index contributed by atoms with van der Waals surface area (Å²) in [6.07, 6.45) is 0. The van der Waals surface area contributed by atoms with Gasteiger partial charge in [0.25, 0.3) is 5.69 Å². The predicted molar refractivity (Wildman–Crippen MR) is 73.0 cm³/mol. The molecule has 1 aromatic heterocycles. The summed E-state index contributed by atoms with van der Waals surface area (Å²) >= 11 is 0. The SMILES string of the molecule is CC(C)C(CN)c1nc(-c2ccc([N+](=O)[O-])cc2)no1. The molecule has 0 spiro atoms. The smallest absolute Gasteiger partial charge is 0.269 e. The van der Waals surface area contributed by atoms with Gasteiger partial charge in [-0.3, -0.25) is 10.1 Å². The Balaban J connectivity index is 2.26. The Morgan fingerprint density at radius 1 is 1.35 bits per heavy atom. The summed E-state index contributed by atoms with van der Waals surface area (Å²) in [5, 5.41) is 14.5. The fourth-order valence-electron chi connectivity index (χ4n) is 1.89. The lowest BCUT2D eigenvalue weighted by molar-refractivity contribution is -0.384. The first-order chi connectivity index (χ1) is 9.52. The lowest BCUT2D eigenvalue weighted by atomic mass is 9.96. The Morgan fingerprint density at radius 3 is 2.50 bits per heavy atom. The van der Waals surface area contributed by atoms with E-state index in [0.717, 1.165) is 0 Å². The minimum absolute atomic E-state index is 0.00861. The molecule has 0 aliphatic rings. The Labute approximate surface area is 115 Å². The van der Waals surface area contributed by atoms with Gasteiger partial charge in [0.15, 0.2) is 0 Å². The Morgan fingerprint density at radius 2 is 2.00 bits per heavy atom. The van der Waals surface area contributed by atoms with Gasteiger partial charge in [-0.15, -0.1) is 0 Å². The van der Waals surface area contributed by atoms with E-state index in [4.69, 9.17) is 10.3 Å². The van der Waals surface area contributed by atoms with Crippen molar-refractivity contribution >= 4 is 5.69 Å². The van der Waals surface area contributed by atoms with Crippen LogP contribution in [0.15, 0.2) is 28.8 Å². The van der Waals surface area contributed by atoms with Crippen molar-refractivity contribution in [1.29, 1.82) is 0 Å². The van der Waals surface area contributed by atoms with E-state index in [1.807, 2.05) is 13.8 Å². The average molecular weight is 276 g/mol. The van der Waals surface area contributed by atoms with Gasteiger partial charge in [0.1, 0.15) is 0 Å². The van der Waals surface area contributed by atoms with Crippen LogP contribution >= 0.6 is 0 Å². The van der Waals surface area contributed by atoms with Gasteiger partial charge < -0.3 is 10.3 Å². The van der Waals surface area contributed by atoms with E-state index < -0.39 is 4.92 Å². The van der Waals surface area contributed by atoms with Crippen LogP contribution in [0.2, 0.25) is 0 Å². The maximum atomic E-state index is 10.6. The number of nitro groups is 1. The van der Waals surface area contributed by atoms with Crippen LogP contribution in [0.25, 0.3) is 11.4 Å². The summed E-state index contributed by atoms with van der Waals surface area (Å²) in [4.78, 5) is 14.5. The second-order valence-corrected chi connectivity index (χ2v) is 4.85. The Hall–Kier alpha value is -2.28.